The number of benzene rings is 1. The average molecular weight is 1140 g/mol. The zero-order valence-corrected chi connectivity index (χ0v) is 44.3. The van der Waals surface area contributed by atoms with Gasteiger partial charge in [0.1, 0.15) is 103 Å². The van der Waals surface area contributed by atoms with Gasteiger partial charge in [-0.15, -0.1) is 0 Å². The fourth-order valence-corrected chi connectivity index (χ4v) is 9.69. The Morgan fingerprint density at radius 3 is 1.55 bits per heavy atom. The van der Waals surface area contributed by atoms with Crippen LogP contribution in [0.25, 0.3) is 0 Å². The number of aliphatic hydroxyl groups is 9. The smallest absolute Gasteiger partial charge is 0.255 e. The van der Waals surface area contributed by atoms with Gasteiger partial charge in [0.2, 0.25) is 28.1 Å². The van der Waals surface area contributed by atoms with Crippen LogP contribution >= 0.6 is 0 Å². The number of carbonyl (C=O) groups excluding carboxylic acids is 4. The maximum absolute atomic E-state index is 14.0. The third-order valence-corrected chi connectivity index (χ3v) is 13.7. The first kappa shape index (κ1) is 64.7. The van der Waals surface area contributed by atoms with E-state index >= 15 is 0 Å². The molecule has 4 fully saturated rings. The van der Waals surface area contributed by atoms with Crippen LogP contribution in [0.3, 0.4) is 0 Å². The second-order valence-electron chi connectivity index (χ2n) is 19.2. The van der Waals surface area contributed by atoms with E-state index in [0.29, 0.717) is 6.42 Å². The number of allylic oxidation sites excluding steroid dienone is 2. The number of carbonyl (C=O) groups is 4. The molecular weight excluding hydrogens is 1060 g/mol. The van der Waals surface area contributed by atoms with Crippen molar-refractivity contribution < 1.29 is 120 Å². The van der Waals surface area contributed by atoms with Gasteiger partial charge in [-0.3, -0.25) is 23.4 Å². The topological polar surface area (TPSA) is 439 Å². The lowest BCUT2D eigenvalue weighted by molar-refractivity contribution is -0.361. The maximum Gasteiger partial charge on any atom is 0.255 e. The van der Waals surface area contributed by atoms with Crippen LogP contribution in [0.5, 0.6) is 5.75 Å². The Bertz CT molecular complexity index is 2220. The van der Waals surface area contributed by atoms with Gasteiger partial charge in [-0.05, 0) is 37.8 Å². The van der Waals surface area contributed by atoms with Crippen LogP contribution in [0.1, 0.15) is 83.0 Å². The van der Waals surface area contributed by atoms with Crippen molar-refractivity contribution in [2.75, 3.05) is 33.0 Å². The summed E-state index contributed by atoms with van der Waals surface area (Å²) < 4.78 is 85.8. The molecule has 0 spiro atoms. The number of unbranched alkanes of at least 4 members (excludes halogenated alkanes) is 5. The van der Waals surface area contributed by atoms with Gasteiger partial charge in [-0.2, -0.15) is 0 Å². The molecule has 1 aromatic carbocycles. The third-order valence-electron chi connectivity index (χ3n) is 13.2. The quantitative estimate of drug-likeness (QED) is 0.0170. The van der Waals surface area contributed by atoms with Crippen LogP contribution in [0.2, 0.25) is 0 Å². The van der Waals surface area contributed by atoms with E-state index in [2.05, 4.69) is 44.5 Å². The molecule has 4 amide bonds. The number of amides is 4. The van der Waals surface area contributed by atoms with Gasteiger partial charge in [0, 0.05) is 20.8 Å². The minimum absolute atomic E-state index is 0.0191. The number of hydrogen-bond acceptors (Lipinski definition) is 25. The molecule has 444 valence electrons. The molecular formula is C48H75N4O25S-. The van der Waals surface area contributed by atoms with Gasteiger partial charge < -0.3 is 110 Å². The predicted octanol–water partition coefficient (Wildman–Crippen LogP) is -4.71. The van der Waals surface area contributed by atoms with E-state index in [9.17, 15) is 78.1 Å². The van der Waals surface area contributed by atoms with E-state index in [0.717, 1.165) is 46.5 Å². The summed E-state index contributed by atoms with van der Waals surface area (Å²) in [7, 11) is -5.41. The summed E-state index contributed by atoms with van der Waals surface area (Å²) in [5, 5.41) is 109. The molecule has 4 heterocycles. The molecule has 29 nitrogen and oxygen atoms in total. The highest BCUT2D eigenvalue weighted by molar-refractivity contribution is 7.80. The van der Waals surface area contributed by atoms with Gasteiger partial charge in [-0.25, -0.2) is 8.42 Å². The predicted molar refractivity (Wildman–Crippen MR) is 262 cm³/mol. The largest absolute Gasteiger partial charge is 0.726 e. The molecule has 30 heteroatoms. The molecule has 20 atom stereocenters. The molecule has 5 rings (SSSR count). The highest BCUT2D eigenvalue weighted by Crippen LogP contribution is 2.35. The molecule has 0 saturated carbocycles. The Labute approximate surface area is 450 Å². The molecule has 0 bridgehead atoms. The van der Waals surface area contributed by atoms with Gasteiger partial charge in [-0.1, -0.05) is 50.5 Å². The second kappa shape index (κ2) is 30.6. The van der Waals surface area contributed by atoms with Crippen LogP contribution < -0.4 is 26.0 Å². The summed E-state index contributed by atoms with van der Waals surface area (Å²) in [6, 6.07) is -0.621. The monoisotopic (exact) mass is 1140 g/mol. The zero-order chi connectivity index (χ0) is 57.4. The highest BCUT2D eigenvalue weighted by Gasteiger charge is 2.56. The van der Waals surface area contributed by atoms with Gasteiger partial charge >= 0.3 is 0 Å². The van der Waals surface area contributed by atoms with Crippen molar-refractivity contribution in [1.29, 1.82) is 0 Å². The fraction of sp³-hybridized carbons (Fsp3) is 0.750. The lowest BCUT2D eigenvalue weighted by Crippen LogP contribution is -2.71. The van der Waals surface area contributed by atoms with Gasteiger partial charge in [0.25, 0.3) is 5.91 Å². The van der Waals surface area contributed by atoms with Crippen LogP contribution in [0.15, 0.2) is 36.4 Å². The summed E-state index contributed by atoms with van der Waals surface area (Å²) >= 11 is 0. The number of hydrogen-bond donors (Lipinski definition) is 13. The number of para-hydroxylation sites is 1. The lowest BCUT2D eigenvalue weighted by atomic mass is 9.93. The summed E-state index contributed by atoms with van der Waals surface area (Å²) in [5.41, 5.74) is 0.0191. The van der Waals surface area contributed by atoms with E-state index in [1.54, 1.807) is 18.2 Å². The maximum atomic E-state index is 14.0. The Balaban J connectivity index is 1.36. The molecule has 4 saturated heterocycles. The molecule has 9 unspecified atom stereocenters. The lowest BCUT2D eigenvalue weighted by Gasteiger charge is -2.51. The summed E-state index contributed by atoms with van der Waals surface area (Å²) in [6.45, 7) is 1.38. The van der Waals surface area contributed by atoms with Gasteiger partial charge in [0.05, 0.1) is 38.6 Å². The minimum atomic E-state index is -5.41. The van der Waals surface area contributed by atoms with E-state index in [4.69, 9.17) is 37.9 Å². The Morgan fingerprint density at radius 2 is 1.05 bits per heavy atom. The molecule has 4 aliphatic rings. The van der Waals surface area contributed by atoms with Crippen molar-refractivity contribution >= 4 is 34.0 Å². The normalized spacial score (nSPS) is 35.4. The molecule has 78 heavy (non-hydrogen) atoms. The van der Waals surface area contributed by atoms with Crippen LogP contribution in [-0.4, -0.2) is 238 Å². The first-order valence-corrected chi connectivity index (χ1v) is 27.0. The standard InChI is InChI=1S/C48H76N4O25S/c1-5-6-7-8-9-10-11-12-15-18-69-27-17-14-13-16-26(27)44(64)52-33-37(60)36(59)28(19-53)72-46(33)75-41-29(20-54)73-47(34(39(41)62)50-24(3)57)76-42-30(21-55)74-48(35(40(42)63)51-25(4)58)77-43-31(22-70-78(66,67)68)71-45(65)32(38(43)61)49-23(2)56/h10-11,13-14,16-17,28-43,45-48,53-55,59-63,65H,5-9,12,15,18-22H2,1-4H3,(H,49,56)(H,50,57)(H,51,58)(H,52,64)(H,66,67,68)/p-1/b11-10-/t28?,29-,30?,31-,32?,33?,34?,35?,36+,37-,38?,39?,40-,41-,42+,43-,45?,46+,47-,48+/m1/s1. The Kier molecular flexibility index (Phi) is 25.4. The van der Waals surface area contributed by atoms with Crippen LogP contribution in [-0.2, 0) is 62.1 Å². The van der Waals surface area contributed by atoms with E-state index in [1.165, 1.54) is 18.9 Å². The highest BCUT2D eigenvalue weighted by atomic mass is 32.3. The van der Waals surface area contributed by atoms with Crippen molar-refractivity contribution in [1.82, 2.24) is 21.3 Å². The van der Waals surface area contributed by atoms with Crippen LogP contribution in [0.4, 0.5) is 0 Å². The third kappa shape index (κ3) is 17.7. The van der Waals surface area contributed by atoms with Crippen molar-refractivity contribution in [3.8, 4) is 5.75 Å². The second-order valence-corrected chi connectivity index (χ2v) is 20.2. The number of nitrogens with one attached hydrogen (secondary N) is 4. The summed E-state index contributed by atoms with van der Waals surface area (Å²) in [6.07, 6.45) is -18.6. The number of aliphatic hydroxyl groups excluding tert-OH is 9. The molecule has 0 radical (unpaired) electrons. The van der Waals surface area contributed by atoms with Crippen LogP contribution in [0, 0.1) is 0 Å². The Morgan fingerprint density at radius 1 is 0.590 bits per heavy atom. The SMILES string of the molecule is CCCCCC/C=C\CCCOc1ccccc1C(=O)NC1[C@H](O[C@H]2C(O)C(NC(C)=O)[C@@H](O[C@H]3C(CO)O[C@@H](O[C@H]4C(O)C(NC(C)=O)C(O)O[C@@H]4COS(=O)(=O)[O-])C(NC(C)=O)[C@H]3O)O[C@@H]2CO)OC(CO)[C@H](O)[C@@H]1O. The molecule has 0 aromatic heterocycles. The van der Waals surface area contributed by atoms with Crippen molar-refractivity contribution in [2.24, 2.45) is 0 Å². The summed E-state index contributed by atoms with van der Waals surface area (Å²) in [5.74, 6) is -3.08. The number of ether oxygens (including phenoxy) is 8. The first-order valence-electron chi connectivity index (χ1n) is 25.6. The zero-order valence-electron chi connectivity index (χ0n) is 43.5. The molecule has 0 aliphatic carbocycles. The fourth-order valence-electron chi connectivity index (χ4n) is 9.39. The minimum Gasteiger partial charge on any atom is -0.726 e. The van der Waals surface area contributed by atoms with Crippen molar-refractivity contribution in [2.45, 2.75) is 195 Å². The number of rotatable bonds is 27. The molecule has 13 N–H and O–H groups in total. The summed E-state index contributed by atoms with van der Waals surface area (Å²) in [4.78, 5) is 51.3. The van der Waals surface area contributed by atoms with E-state index < -0.39 is 183 Å². The van der Waals surface area contributed by atoms with Crippen molar-refractivity contribution in [3.05, 3.63) is 42.0 Å². The van der Waals surface area contributed by atoms with E-state index in [1.807, 2.05) is 0 Å². The average Bonchev–Trinajstić information content (AvgIpc) is 3.41. The van der Waals surface area contributed by atoms with E-state index in [-0.39, 0.29) is 17.9 Å². The Hall–Kier alpha value is -4.13. The molecule has 1 aromatic rings. The molecule has 4 aliphatic heterocycles. The van der Waals surface area contributed by atoms with Crippen molar-refractivity contribution in [3.63, 3.8) is 0 Å². The van der Waals surface area contributed by atoms with Gasteiger partial charge in [0.15, 0.2) is 25.2 Å². The first-order chi connectivity index (χ1) is 37.0.